The van der Waals surface area contributed by atoms with Crippen LogP contribution in [-0.4, -0.2) is 32.9 Å². The minimum atomic E-state index is -0.315. The van der Waals surface area contributed by atoms with E-state index in [0.717, 1.165) is 18.6 Å². The van der Waals surface area contributed by atoms with Crippen molar-refractivity contribution in [3.05, 3.63) is 17.7 Å². The third kappa shape index (κ3) is 6.29. The number of hydrogen-bond donors (Lipinski definition) is 1. The molecule has 1 N–H and O–H groups in total. The second-order valence-corrected chi connectivity index (χ2v) is 6.73. The summed E-state index contributed by atoms with van der Waals surface area (Å²) in [4.78, 5) is 12.5. The van der Waals surface area contributed by atoms with Gasteiger partial charge in [0.1, 0.15) is 0 Å². The number of amides is 1. The van der Waals surface area contributed by atoms with Crippen LogP contribution in [0.5, 0.6) is 17.2 Å². The highest BCUT2D eigenvalue weighted by atomic mass is 16.5. The first kappa shape index (κ1) is 20.8. The van der Waals surface area contributed by atoms with Crippen LogP contribution in [0.3, 0.4) is 0 Å². The number of hydrazone groups is 1. The third-order valence-corrected chi connectivity index (χ3v) is 3.53. The molecular formula is C19H30N2O4. The summed E-state index contributed by atoms with van der Waals surface area (Å²) in [7, 11) is 4.55. The molecule has 0 spiro atoms. The van der Waals surface area contributed by atoms with E-state index in [0.29, 0.717) is 34.6 Å². The number of rotatable bonds is 9. The fourth-order valence-corrected chi connectivity index (χ4v) is 2.52. The van der Waals surface area contributed by atoms with Crippen LogP contribution in [0.2, 0.25) is 0 Å². The van der Waals surface area contributed by atoms with Crippen LogP contribution >= 0.6 is 0 Å². The Morgan fingerprint density at radius 2 is 1.44 bits per heavy atom. The maximum atomic E-state index is 12.5. The van der Waals surface area contributed by atoms with Gasteiger partial charge in [-0.25, -0.2) is 5.43 Å². The Morgan fingerprint density at radius 1 is 0.960 bits per heavy atom. The normalized spacial score (nSPS) is 10.6. The molecule has 6 nitrogen and oxygen atoms in total. The van der Waals surface area contributed by atoms with Gasteiger partial charge < -0.3 is 14.2 Å². The molecule has 0 saturated carbocycles. The molecule has 25 heavy (non-hydrogen) atoms. The van der Waals surface area contributed by atoms with E-state index in [2.05, 4.69) is 38.2 Å². The van der Waals surface area contributed by atoms with Gasteiger partial charge in [-0.15, -0.1) is 0 Å². The zero-order chi connectivity index (χ0) is 19.0. The van der Waals surface area contributed by atoms with Gasteiger partial charge in [-0.3, -0.25) is 4.79 Å². The van der Waals surface area contributed by atoms with E-state index in [4.69, 9.17) is 14.2 Å². The molecule has 1 aromatic rings. The number of methoxy groups -OCH3 is 3. The van der Waals surface area contributed by atoms with Gasteiger partial charge in [0.05, 0.1) is 21.3 Å². The van der Waals surface area contributed by atoms with Crippen molar-refractivity contribution in [2.75, 3.05) is 21.3 Å². The molecule has 1 aromatic carbocycles. The Bertz CT molecular complexity index is 572. The molecule has 0 atom stereocenters. The Morgan fingerprint density at radius 3 is 1.80 bits per heavy atom. The summed E-state index contributed by atoms with van der Waals surface area (Å²) in [5, 5.41) is 4.34. The van der Waals surface area contributed by atoms with Gasteiger partial charge >= 0.3 is 0 Å². The predicted molar refractivity (Wildman–Crippen MR) is 99.9 cm³/mol. The van der Waals surface area contributed by atoms with Crippen LogP contribution in [0.1, 0.15) is 50.9 Å². The van der Waals surface area contributed by atoms with E-state index in [9.17, 15) is 4.79 Å². The minimum absolute atomic E-state index is 0.315. The van der Waals surface area contributed by atoms with Gasteiger partial charge in [0, 0.05) is 11.3 Å². The summed E-state index contributed by atoms with van der Waals surface area (Å²) >= 11 is 0. The fourth-order valence-electron chi connectivity index (χ4n) is 2.52. The average Bonchev–Trinajstić information content (AvgIpc) is 2.56. The van der Waals surface area contributed by atoms with Crippen molar-refractivity contribution >= 4 is 11.6 Å². The lowest BCUT2D eigenvalue weighted by atomic mass is 9.99. The number of nitrogens with zero attached hydrogens (tertiary/aromatic N) is 1. The number of hydrogen-bond acceptors (Lipinski definition) is 5. The maximum Gasteiger partial charge on any atom is 0.271 e. The van der Waals surface area contributed by atoms with E-state index in [1.807, 2.05) is 0 Å². The molecule has 140 valence electrons. The zero-order valence-electron chi connectivity index (χ0n) is 16.3. The first-order valence-corrected chi connectivity index (χ1v) is 8.48. The van der Waals surface area contributed by atoms with Crippen molar-refractivity contribution in [3.63, 3.8) is 0 Å². The highest BCUT2D eigenvalue weighted by Crippen LogP contribution is 2.38. The third-order valence-electron chi connectivity index (χ3n) is 3.53. The topological polar surface area (TPSA) is 69.2 Å². The molecule has 0 aliphatic rings. The smallest absolute Gasteiger partial charge is 0.271 e. The summed E-state index contributed by atoms with van der Waals surface area (Å²) in [6.07, 6.45) is 1.71. The van der Waals surface area contributed by atoms with Crippen LogP contribution in [0.4, 0.5) is 0 Å². The van der Waals surface area contributed by atoms with Crippen molar-refractivity contribution in [2.45, 2.75) is 40.5 Å². The Hall–Kier alpha value is -2.24. The molecule has 0 radical (unpaired) electrons. The van der Waals surface area contributed by atoms with Gasteiger partial charge in [0.25, 0.3) is 5.91 Å². The molecule has 0 aliphatic heterocycles. The van der Waals surface area contributed by atoms with Gasteiger partial charge in [-0.2, -0.15) is 5.10 Å². The van der Waals surface area contributed by atoms with Crippen molar-refractivity contribution in [1.82, 2.24) is 5.43 Å². The number of carbonyl (C=O) groups is 1. The SMILES string of the molecule is COc1cc(C(=O)NN=C(CC(C)C)CC(C)C)cc(OC)c1OC. The summed E-state index contributed by atoms with van der Waals surface area (Å²) in [6.45, 7) is 8.54. The highest BCUT2D eigenvalue weighted by molar-refractivity contribution is 5.96. The first-order valence-electron chi connectivity index (χ1n) is 8.48. The monoisotopic (exact) mass is 350 g/mol. The summed E-state index contributed by atoms with van der Waals surface area (Å²) in [5.41, 5.74) is 4.03. The number of nitrogens with one attached hydrogen (secondary N) is 1. The summed E-state index contributed by atoms with van der Waals surface area (Å²) in [6, 6.07) is 3.22. The van der Waals surface area contributed by atoms with E-state index in [1.54, 1.807) is 12.1 Å². The molecule has 0 fully saturated rings. The molecule has 0 heterocycles. The van der Waals surface area contributed by atoms with Crippen LogP contribution in [0, 0.1) is 11.8 Å². The zero-order valence-corrected chi connectivity index (χ0v) is 16.3. The fraction of sp³-hybridized carbons (Fsp3) is 0.579. The van der Waals surface area contributed by atoms with E-state index >= 15 is 0 Å². The molecule has 0 bridgehead atoms. The maximum absolute atomic E-state index is 12.5. The molecule has 0 aliphatic carbocycles. The lowest BCUT2D eigenvalue weighted by Crippen LogP contribution is -2.21. The Kier molecular flexibility index (Phi) is 8.25. The van der Waals surface area contributed by atoms with Crippen LogP contribution < -0.4 is 19.6 Å². The lowest BCUT2D eigenvalue weighted by Gasteiger charge is -2.14. The second kappa shape index (κ2) is 9.91. The van der Waals surface area contributed by atoms with Crippen LogP contribution in [0.15, 0.2) is 17.2 Å². The van der Waals surface area contributed by atoms with Gasteiger partial charge in [-0.05, 0) is 36.8 Å². The van der Waals surface area contributed by atoms with Crippen molar-refractivity contribution in [3.8, 4) is 17.2 Å². The van der Waals surface area contributed by atoms with Crippen molar-refractivity contribution in [1.29, 1.82) is 0 Å². The molecular weight excluding hydrogens is 320 g/mol. The lowest BCUT2D eigenvalue weighted by molar-refractivity contribution is 0.0953. The quantitative estimate of drug-likeness (QED) is 0.542. The Labute approximate surface area is 150 Å². The second-order valence-electron chi connectivity index (χ2n) is 6.73. The number of carbonyl (C=O) groups excluding carboxylic acids is 1. The van der Waals surface area contributed by atoms with Gasteiger partial charge in [0.2, 0.25) is 5.75 Å². The molecule has 1 rings (SSSR count). The standard InChI is InChI=1S/C19H30N2O4/c1-12(2)8-15(9-13(3)4)20-21-19(22)14-10-16(23-5)18(25-7)17(11-14)24-6/h10-13H,8-9H2,1-7H3,(H,21,22). The highest BCUT2D eigenvalue weighted by Gasteiger charge is 2.17. The predicted octanol–water partition coefficient (Wildman–Crippen LogP) is 3.89. The van der Waals surface area contributed by atoms with E-state index < -0.39 is 0 Å². The minimum Gasteiger partial charge on any atom is -0.493 e. The molecule has 6 heteroatoms. The average molecular weight is 350 g/mol. The molecule has 0 saturated heterocycles. The van der Waals surface area contributed by atoms with Crippen molar-refractivity contribution < 1.29 is 19.0 Å². The van der Waals surface area contributed by atoms with Crippen molar-refractivity contribution in [2.24, 2.45) is 16.9 Å². The van der Waals surface area contributed by atoms with Gasteiger partial charge in [0.15, 0.2) is 11.5 Å². The van der Waals surface area contributed by atoms with E-state index in [-0.39, 0.29) is 5.91 Å². The summed E-state index contributed by atoms with van der Waals surface area (Å²) < 4.78 is 15.8. The van der Waals surface area contributed by atoms with Gasteiger partial charge in [-0.1, -0.05) is 27.7 Å². The number of benzene rings is 1. The Balaban J connectivity index is 3.04. The largest absolute Gasteiger partial charge is 0.493 e. The van der Waals surface area contributed by atoms with E-state index in [1.165, 1.54) is 21.3 Å². The number of ether oxygens (including phenoxy) is 3. The van der Waals surface area contributed by atoms with Crippen LogP contribution in [0.25, 0.3) is 0 Å². The molecule has 0 aromatic heterocycles. The van der Waals surface area contributed by atoms with Crippen LogP contribution in [-0.2, 0) is 0 Å². The molecule has 1 amide bonds. The molecule has 0 unspecified atom stereocenters. The first-order chi connectivity index (χ1) is 11.8. The summed E-state index contributed by atoms with van der Waals surface area (Å²) in [5.74, 6) is 1.96.